The molecule has 0 aliphatic heterocycles. The molecule has 118 valence electrons. The Morgan fingerprint density at radius 1 is 1.18 bits per heavy atom. The second-order valence-corrected chi connectivity index (χ2v) is 5.36. The SMILES string of the molecule is CCOc1ccc(Nc2cnnc(NCCC(C)C)n2)cc1. The number of ether oxygens (including phenoxy) is 1. The summed E-state index contributed by atoms with van der Waals surface area (Å²) in [6.07, 6.45) is 2.67. The van der Waals surface area contributed by atoms with E-state index in [0.29, 0.717) is 24.3 Å². The highest BCUT2D eigenvalue weighted by Crippen LogP contribution is 2.18. The van der Waals surface area contributed by atoms with E-state index in [1.165, 1.54) is 0 Å². The van der Waals surface area contributed by atoms with Gasteiger partial charge in [-0.2, -0.15) is 10.1 Å². The van der Waals surface area contributed by atoms with Crippen LogP contribution in [0.3, 0.4) is 0 Å². The van der Waals surface area contributed by atoms with Gasteiger partial charge in [0, 0.05) is 12.2 Å². The van der Waals surface area contributed by atoms with Crippen LogP contribution in [0.5, 0.6) is 5.75 Å². The minimum absolute atomic E-state index is 0.539. The number of hydrogen-bond donors (Lipinski definition) is 2. The van der Waals surface area contributed by atoms with Crippen LogP contribution in [0.2, 0.25) is 0 Å². The summed E-state index contributed by atoms with van der Waals surface area (Å²) in [7, 11) is 0. The molecule has 0 saturated heterocycles. The predicted molar refractivity (Wildman–Crippen MR) is 88.7 cm³/mol. The van der Waals surface area contributed by atoms with Crippen molar-refractivity contribution < 1.29 is 4.74 Å². The Bertz CT molecular complexity index is 571. The van der Waals surface area contributed by atoms with E-state index in [-0.39, 0.29) is 0 Å². The maximum Gasteiger partial charge on any atom is 0.244 e. The Labute approximate surface area is 131 Å². The summed E-state index contributed by atoms with van der Waals surface area (Å²) >= 11 is 0. The third-order valence-electron chi connectivity index (χ3n) is 3.00. The molecule has 22 heavy (non-hydrogen) atoms. The first kappa shape index (κ1) is 16.0. The van der Waals surface area contributed by atoms with Crippen LogP contribution in [0.1, 0.15) is 27.2 Å². The molecule has 2 rings (SSSR count). The molecule has 1 aromatic carbocycles. The standard InChI is InChI=1S/C16H23N5O/c1-4-22-14-7-5-13(6-8-14)19-15-11-18-21-16(20-15)17-10-9-12(2)3/h5-8,11-12H,4,9-10H2,1-3H3,(H2,17,19,20,21). The zero-order chi connectivity index (χ0) is 15.8. The number of aromatic nitrogens is 3. The number of hydrogen-bond acceptors (Lipinski definition) is 6. The van der Waals surface area contributed by atoms with Crippen molar-refractivity contribution in [3.05, 3.63) is 30.5 Å². The molecule has 0 unspecified atom stereocenters. The van der Waals surface area contributed by atoms with Crippen LogP contribution in [0.4, 0.5) is 17.5 Å². The molecule has 0 saturated carbocycles. The third-order valence-corrected chi connectivity index (χ3v) is 3.00. The Kier molecular flexibility index (Phi) is 5.94. The lowest BCUT2D eigenvalue weighted by molar-refractivity contribution is 0.340. The van der Waals surface area contributed by atoms with Crippen molar-refractivity contribution in [3.8, 4) is 5.75 Å². The molecule has 1 aromatic heterocycles. The molecular formula is C16H23N5O. The smallest absolute Gasteiger partial charge is 0.244 e. The quantitative estimate of drug-likeness (QED) is 0.778. The normalized spacial score (nSPS) is 10.5. The van der Waals surface area contributed by atoms with Crippen LogP contribution in [0, 0.1) is 5.92 Å². The maximum absolute atomic E-state index is 5.42. The second-order valence-electron chi connectivity index (χ2n) is 5.36. The topological polar surface area (TPSA) is 72.0 Å². The van der Waals surface area contributed by atoms with E-state index >= 15 is 0 Å². The molecule has 2 aromatic rings. The van der Waals surface area contributed by atoms with Gasteiger partial charge in [0.25, 0.3) is 0 Å². The van der Waals surface area contributed by atoms with Crippen molar-refractivity contribution in [2.75, 3.05) is 23.8 Å². The summed E-state index contributed by atoms with van der Waals surface area (Å²) in [6, 6.07) is 7.72. The van der Waals surface area contributed by atoms with Crippen LogP contribution in [-0.2, 0) is 0 Å². The van der Waals surface area contributed by atoms with E-state index in [4.69, 9.17) is 4.74 Å². The van der Waals surface area contributed by atoms with Gasteiger partial charge in [0.15, 0.2) is 5.82 Å². The zero-order valence-electron chi connectivity index (χ0n) is 13.3. The van der Waals surface area contributed by atoms with Gasteiger partial charge in [0.1, 0.15) is 5.75 Å². The highest BCUT2D eigenvalue weighted by Gasteiger charge is 2.02. The lowest BCUT2D eigenvalue weighted by atomic mass is 10.1. The predicted octanol–water partition coefficient (Wildman–Crippen LogP) is 3.47. The minimum atomic E-state index is 0.539. The average molecular weight is 301 g/mol. The monoisotopic (exact) mass is 301 g/mol. The number of anilines is 3. The number of rotatable bonds is 8. The molecule has 0 atom stereocenters. The fourth-order valence-corrected chi connectivity index (χ4v) is 1.86. The van der Waals surface area contributed by atoms with Gasteiger partial charge in [-0.25, -0.2) is 0 Å². The molecule has 0 spiro atoms. The van der Waals surface area contributed by atoms with Gasteiger partial charge in [0.2, 0.25) is 5.95 Å². The van der Waals surface area contributed by atoms with Crippen molar-refractivity contribution in [2.24, 2.45) is 5.92 Å². The first-order valence-electron chi connectivity index (χ1n) is 7.61. The summed E-state index contributed by atoms with van der Waals surface area (Å²) in [5.74, 6) is 2.69. The van der Waals surface area contributed by atoms with Crippen LogP contribution in [-0.4, -0.2) is 28.3 Å². The van der Waals surface area contributed by atoms with Crippen molar-refractivity contribution >= 4 is 17.5 Å². The maximum atomic E-state index is 5.42. The molecule has 0 amide bonds. The summed E-state index contributed by atoms with van der Waals surface area (Å²) in [6.45, 7) is 7.84. The molecule has 6 nitrogen and oxygen atoms in total. The van der Waals surface area contributed by atoms with Crippen LogP contribution in [0.15, 0.2) is 30.5 Å². The summed E-state index contributed by atoms with van der Waals surface area (Å²) in [4.78, 5) is 4.40. The number of nitrogens with zero attached hydrogens (tertiary/aromatic N) is 3. The lowest BCUT2D eigenvalue weighted by Crippen LogP contribution is -2.09. The Hall–Kier alpha value is -2.37. The van der Waals surface area contributed by atoms with Gasteiger partial charge in [-0.15, -0.1) is 5.10 Å². The highest BCUT2D eigenvalue weighted by atomic mass is 16.5. The number of benzene rings is 1. The average Bonchev–Trinajstić information content (AvgIpc) is 2.50. The first-order chi connectivity index (χ1) is 10.7. The van der Waals surface area contributed by atoms with Gasteiger partial charge < -0.3 is 15.4 Å². The van der Waals surface area contributed by atoms with Crippen molar-refractivity contribution in [3.63, 3.8) is 0 Å². The van der Waals surface area contributed by atoms with Gasteiger partial charge in [-0.05, 0) is 43.5 Å². The second kappa shape index (κ2) is 8.17. The Balaban J connectivity index is 1.94. The summed E-state index contributed by atoms with van der Waals surface area (Å²) in [5, 5.41) is 14.3. The molecule has 0 fully saturated rings. The fourth-order valence-electron chi connectivity index (χ4n) is 1.86. The van der Waals surface area contributed by atoms with E-state index in [9.17, 15) is 0 Å². The van der Waals surface area contributed by atoms with Crippen LogP contribution >= 0.6 is 0 Å². The summed E-state index contributed by atoms with van der Waals surface area (Å²) < 4.78 is 5.42. The van der Waals surface area contributed by atoms with E-state index < -0.39 is 0 Å². The van der Waals surface area contributed by atoms with Gasteiger partial charge in [-0.1, -0.05) is 13.8 Å². The molecular weight excluding hydrogens is 278 g/mol. The zero-order valence-corrected chi connectivity index (χ0v) is 13.3. The third kappa shape index (κ3) is 5.20. The fraction of sp³-hybridized carbons (Fsp3) is 0.438. The molecule has 0 bridgehead atoms. The molecule has 2 N–H and O–H groups in total. The van der Waals surface area contributed by atoms with E-state index in [1.807, 2.05) is 31.2 Å². The Morgan fingerprint density at radius 3 is 2.64 bits per heavy atom. The molecule has 1 heterocycles. The van der Waals surface area contributed by atoms with Crippen LogP contribution < -0.4 is 15.4 Å². The van der Waals surface area contributed by atoms with Crippen molar-refractivity contribution in [1.82, 2.24) is 15.2 Å². The molecule has 0 aliphatic carbocycles. The van der Waals surface area contributed by atoms with E-state index in [2.05, 4.69) is 39.7 Å². The molecule has 0 aliphatic rings. The molecule has 0 radical (unpaired) electrons. The van der Waals surface area contributed by atoms with Crippen molar-refractivity contribution in [1.29, 1.82) is 0 Å². The van der Waals surface area contributed by atoms with E-state index in [0.717, 1.165) is 24.4 Å². The number of nitrogens with one attached hydrogen (secondary N) is 2. The molecule has 6 heteroatoms. The minimum Gasteiger partial charge on any atom is -0.494 e. The van der Waals surface area contributed by atoms with Crippen LogP contribution in [0.25, 0.3) is 0 Å². The Morgan fingerprint density at radius 2 is 1.95 bits per heavy atom. The lowest BCUT2D eigenvalue weighted by Gasteiger charge is -2.09. The first-order valence-corrected chi connectivity index (χ1v) is 7.61. The largest absolute Gasteiger partial charge is 0.494 e. The van der Waals surface area contributed by atoms with Gasteiger partial charge >= 0.3 is 0 Å². The summed E-state index contributed by atoms with van der Waals surface area (Å²) in [5.41, 5.74) is 0.928. The van der Waals surface area contributed by atoms with Gasteiger partial charge in [-0.3, -0.25) is 0 Å². The van der Waals surface area contributed by atoms with Crippen molar-refractivity contribution in [2.45, 2.75) is 27.2 Å². The highest BCUT2D eigenvalue weighted by molar-refractivity contribution is 5.57. The van der Waals surface area contributed by atoms with E-state index in [1.54, 1.807) is 6.20 Å². The van der Waals surface area contributed by atoms with Gasteiger partial charge in [0.05, 0.1) is 12.8 Å².